The lowest BCUT2D eigenvalue weighted by Gasteiger charge is -2.30. The van der Waals surface area contributed by atoms with Crippen LogP contribution in [0.4, 0.5) is 41.1 Å². The van der Waals surface area contributed by atoms with Crippen LogP contribution < -0.4 is 36.3 Å². The van der Waals surface area contributed by atoms with E-state index in [4.69, 9.17) is 29.4 Å². The molecule has 0 bridgehead atoms. The van der Waals surface area contributed by atoms with Crippen LogP contribution in [0.2, 0.25) is 0 Å². The summed E-state index contributed by atoms with van der Waals surface area (Å²) in [5.74, 6) is -6.53. The summed E-state index contributed by atoms with van der Waals surface area (Å²) in [5, 5.41) is 12.1. The molecule has 3 aliphatic heterocycles. The number of fused-ring (bicyclic) bond motifs is 2. The standard InChI is InChI=1S/C21H25F2N3O4.C21H31NO4.C14H9BF5NO4.C13H25NO2/c1-4-10-7-25(9-21(10,2)24)17-14(23)5-11-16(19(17)30-3)26(15-6-13(15)22)8-12(18(11)27)20(28)29;1-6-17-13-22(19(24)25-14-16-10-8-7-9-11-16)15-21(17,5)12-18(23)26-20(2,3)4;1-24-13-10(18)8(17)2-5-11(13)21(9-3-7(9)16)4-6(12(5)22)14(23)25-15(19)20;1-6-10-8-14-9-13(10,5)7-11(15)16-12(2,3)4/h5,8,10,13,15H,4,6-7,9,24H2,1-3H3,(H,28,29);7-11,17H,6,12-15H2,1-5H3;2,4,7,9H,3H2,1H3;10,14H,6-9H2,1-5H3/t10?,13-,15+,21?;17-,21-;7-,9+;10-,13-/m0101/s1. The predicted molar refractivity (Wildman–Crippen MR) is 351 cm³/mol. The number of pyridine rings is 2. The number of carbonyl (C=O) groups excluding carboxylic acids is 4. The molecule has 2 aliphatic carbocycles. The Morgan fingerprint density at radius 1 is 0.701 bits per heavy atom. The number of halogens is 7. The smallest absolute Gasteiger partial charge is 0.492 e. The van der Waals surface area contributed by atoms with Crippen LogP contribution in [0.25, 0.3) is 21.8 Å². The molecule has 28 heteroatoms. The van der Waals surface area contributed by atoms with Crippen LogP contribution in [0, 0.1) is 46.0 Å². The van der Waals surface area contributed by atoms with E-state index >= 15 is 4.39 Å². The van der Waals surface area contributed by atoms with E-state index < -0.39 is 106 Å². The Morgan fingerprint density at radius 3 is 1.67 bits per heavy atom. The zero-order valence-electron chi connectivity index (χ0n) is 57.5. The second-order valence-electron chi connectivity index (χ2n) is 28.5. The van der Waals surface area contributed by atoms with Gasteiger partial charge in [0.2, 0.25) is 16.7 Å². The van der Waals surface area contributed by atoms with E-state index in [1.165, 1.54) is 11.7 Å². The second kappa shape index (κ2) is 30.5. The number of benzene rings is 3. The molecule has 1 amide bonds. The number of likely N-dealkylation sites (tertiary alicyclic amines) is 1. The molecule has 4 N–H and O–H groups in total. The van der Waals surface area contributed by atoms with E-state index in [-0.39, 0.29) is 93.6 Å². The molecule has 5 fully saturated rings. The highest BCUT2D eigenvalue weighted by Crippen LogP contribution is 2.48. The number of nitrogens with one attached hydrogen (secondary N) is 1. The molecule has 5 aliphatic rings. The Morgan fingerprint density at radius 2 is 1.20 bits per heavy atom. The van der Waals surface area contributed by atoms with E-state index in [0.29, 0.717) is 51.0 Å². The van der Waals surface area contributed by atoms with Crippen molar-refractivity contribution in [2.24, 2.45) is 34.3 Å². The van der Waals surface area contributed by atoms with Crippen LogP contribution in [0.5, 0.6) is 11.5 Å². The van der Waals surface area contributed by atoms with Gasteiger partial charge in [-0.1, -0.05) is 77.8 Å². The van der Waals surface area contributed by atoms with Gasteiger partial charge in [0.15, 0.2) is 23.1 Å². The number of carbonyl (C=O) groups is 5. The third-order valence-corrected chi connectivity index (χ3v) is 18.5. The lowest BCUT2D eigenvalue weighted by Crippen LogP contribution is -2.44. The summed E-state index contributed by atoms with van der Waals surface area (Å²) in [6.07, 6.45) is 2.93. The van der Waals surface area contributed by atoms with Crippen molar-refractivity contribution in [2.75, 3.05) is 58.4 Å². The van der Waals surface area contributed by atoms with E-state index in [1.54, 1.807) is 9.80 Å². The first-order chi connectivity index (χ1) is 45.3. The summed E-state index contributed by atoms with van der Waals surface area (Å²) in [4.78, 5) is 88.5. The first kappa shape index (κ1) is 76.5. The minimum absolute atomic E-state index is 0.0105. The number of carboxylic acid groups (broad SMARTS) is 1. The van der Waals surface area contributed by atoms with Crippen molar-refractivity contribution in [3.63, 3.8) is 0 Å². The van der Waals surface area contributed by atoms with E-state index in [1.807, 2.05) is 85.7 Å². The summed E-state index contributed by atoms with van der Waals surface area (Å²) in [7, 11) is -1.11. The molecule has 2 unspecified atom stereocenters. The number of carboxylic acids is 1. The minimum Gasteiger partial charge on any atom is -0.492 e. The van der Waals surface area contributed by atoms with Crippen molar-refractivity contribution in [1.82, 2.24) is 19.4 Å². The number of anilines is 1. The molecule has 2 aromatic heterocycles. The van der Waals surface area contributed by atoms with Crippen LogP contribution in [0.3, 0.4) is 0 Å². The fourth-order valence-corrected chi connectivity index (χ4v) is 13.3. The van der Waals surface area contributed by atoms with Crippen molar-refractivity contribution in [3.05, 3.63) is 109 Å². The van der Waals surface area contributed by atoms with Gasteiger partial charge in [0.25, 0.3) is 0 Å². The predicted octanol–water partition coefficient (Wildman–Crippen LogP) is 12.1. The number of amides is 1. The number of esters is 2. The van der Waals surface area contributed by atoms with Crippen molar-refractivity contribution < 1.29 is 88.0 Å². The van der Waals surface area contributed by atoms with Crippen LogP contribution in [-0.2, 0) is 35.1 Å². The largest absolute Gasteiger partial charge is 0.798 e. The van der Waals surface area contributed by atoms with Gasteiger partial charge in [-0.15, -0.1) is 0 Å². The molecule has 0 radical (unpaired) electrons. The summed E-state index contributed by atoms with van der Waals surface area (Å²) in [6.45, 7) is 28.0. The fraction of sp³-hybridized carbons (Fsp3) is 0.580. The van der Waals surface area contributed by atoms with Gasteiger partial charge in [0.1, 0.15) is 47.0 Å². The highest BCUT2D eigenvalue weighted by atomic mass is 19.2. The van der Waals surface area contributed by atoms with Gasteiger partial charge in [0.05, 0.1) is 61.0 Å². The Labute approximate surface area is 559 Å². The number of ether oxygens (including phenoxy) is 5. The maximum Gasteiger partial charge on any atom is 0.798 e. The van der Waals surface area contributed by atoms with Crippen LogP contribution in [0.1, 0.15) is 166 Å². The minimum atomic E-state index is -3.48. The molecule has 20 nitrogen and oxygen atoms in total. The van der Waals surface area contributed by atoms with Crippen LogP contribution in [0.15, 0.2) is 64.4 Å². The number of nitrogens with zero attached hydrogens (tertiary/aromatic N) is 4. The van der Waals surface area contributed by atoms with Gasteiger partial charge in [-0.25, -0.2) is 40.6 Å². The zero-order valence-corrected chi connectivity index (χ0v) is 57.5. The lowest BCUT2D eigenvalue weighted by atomic mass is 9.76. The highest BCUT2D eigenvalue weighted by molar-refractivity contribution is 6.38. The Bertz CT molecular complexity index is 3850. The molecule has 10 atom stereocenters. The van der Waals surface area contributed by atoms with Crippen LogP contribution in [-0.4, -0.2) is 139 Å². The molecule has 532 valence electrons. The topological polar surface area (TPSA) is 249 Å². The summed E-state index contributed by atoms with van der Waals surface area (Å²) in [6, 6.07) is 9.66. The second-order valence-corrected chi connectivity index (χ2v) is 28.5. The molecular weight excluding hydrogens is 1280 g/mol. The third kappa shape index (κ3) is 18.1. The summed E-state index contributed by atoms with van der Waals surface area (Å²) in [5.41, 5.74) is 2.48. The van der Waals surface area contributed by atoms with Gasteiger partial charge >= 0.3 is 37.4 Å². The normalized spacial score (nSPS) is 24.8. The van der Waals surface area contributed by atoms with Crippen molar-refractivity contribution in [2.45, 2.75) is 176 Å². The average molecular weight is 1370 g/mol. The van der Waals surface area contributed by atoms with E-state index in [0.717, 1.165) is 68.1 Å². The maximum atomic E-state index is 15.3. The number of alkyl halides is 2. The number of aromatic nitrogens is 2. The van der Waals surface area contributed by atoms with E-state index in [2.05, 4.69) is 37.7 Å². The number of aromatic carboxylic acids is 1. The number of hydrogen-bond donors (Lipinski definition) is 3. The first-order valence-electron chi connectivity index (χ1n) is 32.5. The molecule has 0 spiro atoms. The molecule has 97 heavy (non-hydrogen) atoms. The molecule has 5 heterocycles. The molecular formula is C69H90BF7N6O14. The Kier molecular flexibility index (Phi) is 24.0. The summed E-state index contributed by atoms with van der Waals surface area (Å²) < 4.78 is 128. The van der Waals surface area contributed by atoms with Crippen molar-refractivity contribution in [1.29, 1.82) is 0 Å². The lowest BCUT2D eigenvalue weighted by molar-refractivity contribution is -0.159. The van der Waals surface area contributed by atoms with E-state index in [9.17, 15) is 64.9 Å². The van der Waals surface area contributed by atoms with Gasteiger partial charge in [-0.05, 0) is 102 Å². The molecule has 2 saturated carbocycles. The SMILES string of the molecule is CCC1CN(c2c(F)cc3c(=O)c(C(=O)O)cn([C@@H]4C[C@@H]4F)c3c2OC)CC1(C)N.CC[C@@H]1CN(C(=O)OCc2ccccc2)C[C@@]1(C)CC(=O)OC(C)(C)C.CC[C@@H]1CNC[C@@]1(C)CC(=O)OC(C)(C)C.COc1c(F)c(F)cc2c(=O)c(C(=O)OB(F)F)cn([C@@H]3C[C@@H]3F)c12. The molecule has 3 saturated heterocycles. The fourth-order valence-electron chi connectivity index (χ4n) is 13.3. The third-order valence-electron chi connectivity index (χ3n) is 18.5. The van der Waals surface area contributed by atoms with Crippen LogP contribution >= 0.6 is 0 Å². The number of methoxy groups -OCH3 is 2. The quantitative estimate of drug-likeness (QED) is 0.0339. The maximum absolute atomic E-state index is 15.3. The zero-order chi connectivity index (χ0) is 72.2. The first-order valence-corrected chi connectivity index (χ1v) is 32.5. The molecule has 10 rings (SSSR count). The Balaban J connectivity index is 0.000000186. The summed E-state index contributed by atoms with van der Waals surface area (Å²) >= 11 is 0. The van der Waals surface area contributed by atoms with Gasteiger partial charge in [-0.2, -0.15) is 4.39 Å². The van der Waals surface area contributed by atoms with Gasteiger partial charge in [0, 0.05) is 68.9 Å². The average Bonchev–Trinajstić information content (AvgIpc) is 1.66. The van der Waals surface area contributed by atoms with Gasteiger partial charge < -0.3 is 63.4 Å². The number of nitrogens with two attached hydrogens (primary N) is 1. The molecule has 5 aromatic rings. The number of hydrogen-bond acceptors (Lipinski definition) is 16. The number of rotatable bonds is 17. The van der Waals surface area contributed by atoms with Gasteiger partial charge in [-0.3, -0.25) is 19.2 Å². The van der Waals surface area contributed by atoms with Crippen molar-refractivity contribution >= 4 is 64.9 Å². The monoisotopic (exact) mass is 1370 g/mol. The Hall–Kier alpha value is -7.88. The van der Waals surface area contributed by atoms with Crippen molar-refractivity contribution in [3.8, 4) is 11.5 Å². The highest BCUT2D eigenvalue weighted by Gasteiger charge is 2.48. The molecule has 3 aromatic carbocycles.